The summed E-state index contributed by atoms with van der Waals surface area (Å²) < 4.78 is 119. The molecule has 136 valence electrons. The molecule has 0 radical (unpaired) electrons. The summed E-state index contributed by atoms with van der Waals surface area (Å²) in [6, 6.07) is 0. The molecule has 0 amide bonds. The second-order valence-electron chi connectivity index (χ2n) is 2.92. The van der Waals surface area contributed by atoms with E-state index in [2.05, 4.69) is 0 Å². The number of rotatable bonds is 4. The predicted molar refractivity (Wildman–Crippen MR) is 48.2 cm³/mol. The molecule has 0 rings (SSSR count). The van der Waals surface area contributed by atoms with Gasteiger partial charge in [-0.1, -0.05) is 0 Å². The van der Waals surface area contributed by atoms with Crippen molar-refractivity contribution in [2.45, 2.75) is 9.99 Å². The molecule has 0 atom stereocenters. The molecule has 2 N–H and O–H groups in total. The molecule has 21 heteroatoms. The number of hydrogen-bond acceptors (Lipinski definition) is 10. The molecule has 0 bridgehead atoms. The van der Waals surface area contributed by atoms with Gasteiger partial charge < -0.3 is 28.7 Å². The molecule has 0 unspecified atom stereocenters. The maximum Gasteiger partial charge on any atom is 4.00 e. The van der Waals surface area contributed by atoms with Gasteiger partial charge in [0.15, 0.2) is 0 Å². The van der Waals surface area contributed by atoms with Crippen LogP contribution in [0, 0.1) is 0 Å². The monoisotopic (exact) mass is 510 g/mol. The summed E-state index contributed by atoms with van der Waals surface area (Å²) in [5.41, 5.74) is 0. The fourth-order valence-electron chi connectivity index (χ4n) is 0.283. The first-order chi connectivity index (χ1) is 9.00. The molecule has 0 aromatic rings. The second kappa shape index (κ2) is 7.95. The summed E-state index contributed by atoms with van der Waals surface area (Å²) in [7, 11) is -25.7. The summed E-state index contributed by atoms with van der Waals surface area (Å²) in [6.45, 7) is 0. The van der Waals surface area contributed by atoms with Crippen molar-refractivity contribution in [3.05, 3.63) is 0 Å². The van der Waals surface area contributed by atoms with Crippen LogP contribution < -0.4 is 19.6 Å². The first-order valence-corrected chi connectivity index (χ1v) is 9.70. The molecule has 23 heavy (non-hydrogen) atoms. The van der Waals surface area contributed by atoms with Gasteiger partial charge in [-0.2, -0.15) is 34.4 Å². The van der Waals surface area contributed by atoms with Crippen LogP contribution in [0.4, 0.5) is 17.6 Å². The van der Waals surface area contributed by atoms with Crippen LogP contribution in [0.3, 0.4) is 0 Å². The smallest absolute Gasteiger partial charge is 0.806 e. The number of alkyl halides is 4. The zero-order valence-corrected chi connectivity index (χ0v) is 15.6. The number of halogens is 4. The Labute approximate surface area is 143 Å². The molecule has 0 saturated heterocycles. The average Bonchev–Trinajstić information content (AvgIpc) is 2.10. The molecule has 0 aliphatic carbocycles. The third-order valence-electron chi connectivity index (χ3n) is 1.26. The Balaban J connectivity index is -0.000000333. The van der Waals surface area contributed by atoms with Crippen LogP contribution in [0.25, 0.3) is 0 Å². The van der Waals surface area contributed by atoms with Crippen molar-refractivity contribution < 1.29 is 98.4 Å². The standard InChI is InChI=1S/2CH3F2O6PS.Zr/c2*2-1(3,10(4,5)6)11(7,8)9;/h2*(H2,4,5,6)(H,7,8,9);/q;;+4/p-4. The Hall–Kier alpha value is 0.723. The van der Waals surface area contributed by atoms with Crippen molar-refractivity contribution in [3.8, 4) is 0 Å². The molecule has 0 aromatic heterocycles. The zero-order chi connectivity index (χ0) is 19.0. The Morgan fingerprint density at radius 2 is 0.826 bits per heavy atom. The molecule has 0 saturated carbocycles. The Kier molecular flexibility index (Phi) is 9.86. The minimum Gasteiger partial charge on any atom is -0.806 e. The minimum absolute atomic E-state index is 0. The van der Waals surface area contributed by atoms with Gasteiger partial charge in [0, 0.05) is 15.2 Å². The van der Waals surface area contributed by atoms with Gasteiger partial charge in [-0.15, -0.1) is 0 Å². The van der Waals surface area contributed by atoms with Gasteiger partial charge in [-0.05, 0) is 0 Å². The van der Waals surface area contributed by atoms with Crippen LogP contribution in [0.15, 0.2) is 0 Å². The van der Waals surface area contributed by atoms with Gasteiger partial charge >= 0.3 is 56.4 Å². The van der Waals surface area contributed by atoms with Crippen molar-refractivity contribution in [1.29, 1.82) is 0 Å². The largest absolute Gasteiger partial charge is 4.00 e. The summed E-state index contributed by atoms with van der Waals surface area (Å²) in [6.07, 6.45) is 0. The SMILES string of the molecule is O=P([O-])([O-])C(F)(F)S(=O)(=O)O.O=P([O-])([O-])C(F)(F)S(=O)(=O)O.[Zr+4]. The Morgan fingerprint density at radius 1 is 0.696 bits per heavy atom. The van der Waals surface area contributed by atoms with Crippen LogP contribution in [0.1, 0.15) is 0 Å². The molecule has 12 nitrogen and oxygen atoms in total. The van der Waals surface area contributed by atoms with E-state index in [4.69, 9.17) is 9.11 Å². The Morgan fingerprint density at radius 3 is 0.826 bits per heavy atom. The van der Waals surface area contributed by atoms with Crippen LogP contribution in [-0.4, -0.2) is 35.9 Å². The van der Waals surface area contributed by atoms with E-state index in [1.54, 1.807) is 0 Å². The molecule has 0 spiro atoms. The van der Waals surface area contributed by atoms with Crippen molar-refractivity contribution in [3.63, 3.8) is 0 Å². The van der Waals surface area contributed by atoms with Crippen LogP contribution >= 0.6 is 15.2 Å². The van der Waals surface area contributed by atoms with E-state index < -0.39 is 45.4 Å². The van der Waals surface area contributed by atoms with Crippen molar-refractivity contribution >= 4 is 35.4 Å². The minimum atomic E-state index is -6.66. The van der Waals surface area contributed by atoms with E-state index in [9.17, 15) is 63.1 Å². The van der Waals surface area contributed by atoms with Crippen LogP contribution in [0.2, 0.25) is 0 Å². The molecule has 0 heterocycles. The molecule has 0 aliphatic rings. The average molecular weight is 511 g/mol. The first kappa shape index (κ1) is 28.5. The van der Waals surface area contributed by atoms with E-state index >= 15 is 0 Å². The normalized spacial score (nSPS) is 14.3. The van der Waals surface area contributed by atoms with Gasteiger partial charge in [0.1, 0.15) is 0 Å². The van der Waals surface area contributed by atoms with Crippen molar-refractivity contribution in [2.75, 3.05) is 0 Å². The van der Waals surface area contributed by atoms with E-state index in [1.165, 1.54) is 0 Å². The Bertz CT molecular complexity index is 639. The first-order valence-electron chi connectivity index (χ1n) is 3.74. The van der Waals surface area contributed by atoms with Gasteiger partial charge in [-0.3, -0.25) is 9.11 Å². The third-order valence-corrected chi connectivity index (χ3v) is 6.50. The van der Waals surface area contributed by atoms with Crippen molar-refractivity contribution in [2.24, 2.45) is 0 Å². The molecule has 0 aliphatic heterocycles. The van der Waals surface area contributed by atoms with Gasteiger partial charge in [0.25, 0.3) is 0 Å². The van der Waals surface area contributed by atoms with E-state index in [0.29, 0.717) is 0 Å². The number of hydrogen-bond donors (Lipinski definition) is 2. The van der Waals surface area contributed by atoms with Crippen molar-refractivity contribution in [1.82, 2.24) is 0 Å². The van der Waals surface area contributed by atoms with E-state index in [1.807, 2.05) is 0 Å². The van der Waals surface area contributed by atoms with Gasteiger partial charge in [-0.25, -0.2) is 0 Å². The van der Waals surface area contributed by atoms with Crippen LogP contribution in [-0.2, 0) is 55.6 Å². The maximum absolute atomic E-state index is 11.7. The fraction of sp³-hybridized carbons (Fsp3) is 1.00. The molecular formula is C2H2F4O12P2S2Zr. The third kappa shape index (κ3) is 7.24. The maximum atomic E-state index is 11.7. The van der Waals surface area contributed by atoms with Crippen LogP contribution in [0.5, 0.6) is 0 Å². The quantitative estimate of drug-likeness (QED) is 0.214. The summed E-state index contributed by atoms with van der Waals surface area (Å²) in [5.74, 6) is 0. The molecule has 0 fully saturated rings. The summed E-state index contributed by atoms with van der Waals surface area (Å²) in [5, 5.41) is 0. The zero-order valence-electron chi connectivity index (χ0n) is 9.70. The topological polar surface area (TPSA) is 235 Å². The molecular weight excluding hydrogens is 509 g/mol. The summed E-state index contributed by atoms with van der Waals surface area (Å²) in [4.78, 5) is 26.6. The molecule has 0 aromatic carbocycles. The predicted octanol–water partition coefficient (Wildman–Crippen LogP) is -3.33. The summed E-state index contributed by atoms with van der Waals surface area (Å²) >= 11 is 0. The van der Waals surface area contributed by atoms with E-state index in [0.717, 1.165) is 0 Å². The van der Waals surface area contributed by atoms with Gasteiger partial charge in [0.05, 0.1) is 0 Å². The second-order valence-corrected chi connectivity index (χ2v) is 9.56. The fourth-order valence-corrected chi connectivity index (χ4v) is 2.54. The van der Waals surface area contributed by atoms with E-state index in [-0.39, 0.29) is 26.2 Å². The van der Waals surface area contributed by atoms with Gasteiger partial charge in [0.2, 0.25) is 0 Å².